The number of nitro groups is 1. The third-order valence-electron chi connectivity index (χ3n) is 5.57. The summed E-state index contributed by atoms with van der Waals surface area (Å²) in [5.74, 6) is 1.36. The number of benzene rings is 2. The Morgan fingerprint density at radius 1 is 1.15 bits per heavy atom. The van der Waals surface area contributed by atoms with Gasteiger partial charge in [-0.3, -0.25) is 15.0 Å². The summed E-state index contributed by atoms with van der Waals surface area (Å²) in [7, 11) is 1.46. The first-order valence-electron chi connectivity index (χ1n) is 10.8. The number of rotatable bonds is 7. The third-order valence-corrected chi connectivity index (χ3v) is 6.44. The number of ether oxygens (including phenoxy) is 3. The van der Waals surface area contributed by atoms with E-state index in [-0.39, 0.29) is 11.4 Å². The van der Waals surface area contributed by atoms with Gasteiger partial charge in [0.2, 0.25) is 11.6 Å². The Morgan fingerprint density at radius 2 is 1.94 bits per heavy atom. The van der Waals surface area contributed by atoms with Crippen molar-refractivity contribution in [2.24, 2.45) is 0 Å². The number of thiophene rings is 1. The minimum atomic E-state index is -0.489. The largest absolute Gasteiger partial charge is 0.496 e. The number of aromatic nitrogens is 2. The van der Waals surface area contributed by atoms with Crippen LogP contribution in [0.25, 0.3) is 21.3 Å². The lowest BCUT2D eigenvalue weighted by Crippen LogP contribution is -2.36. The zero-order valence-electron chi connectivity index (χ0n) is 18.5. The second kappa shape index (κ2) is 9.72. The molecule has 5 rings (SSSR count). The van der Waals surface area contributed by atoms with Crippen LogP contribution < -0.4 is 9.47 Å². The Kier molecular flexibility index (Phi) is 6.35. The lowest BCUT2D eigenvalue weighted by Gasteiger charge is -2.25. The van der Waals surface area contributed by atoms with Crippen molar-refractivity contribution in [3.8, 4) is 28.5 Å². The zero-order chi connectivity index (χ0) is 23.5. The molecule has 0 unspecified atom stereocenters. The molecule has 3 heterocycles. The first-order chi connectivity index (χ1) is 16.6. The topological polar surface area (TPSA) is 99.9 Å². The van der Waals surface area contributed by atoms with Gasteiger partial charge in [0.15, 0.2) is 0 Å². The van der Waals surface area contributed by atoms with Crippen molar-refractivity contribution in [3.05, 3.63) is 69.8 Å². The van der Waals surface area contributed by atoms with Gasteiger partial charge in [0, 0.05) is 24.0 Å². The second-order valence-electron chi connectivity index (χ2n) is 7.72. The molecule has 0 N–H and O–H groups in total. The van der Waals surface area contributed by atoms with Gasteiger partial charge in [-0.2, -0.15) is 4.98 Å². The standard InChI is InChI=1S/C24H22N4O5S/c1-31-17-7-8-20(19(13-17)28(29)30)33-23-22-18(16-5-3-2-4-6-16)15-34-24(22)26-21(25-23)14-27-9-11-32-12-10-27/h2-8,13,15H,9-12,14H2,1H3. The number of morpholine rings is 1. The molecule has 2 aromatic heterocycles. The predicted molar refractivity (Wildman–Crippen MR) is 129 cm³/mol. The molecule has 1 saturated heterocycles. The molecule has 0 radical (unpaired) electrons. The molecule has 2 aromatic carbocycles. The Morgan fingerprint density at radius 3 is 2.68 bits per heavy atom. The molecule has 0 amide bonds. The van der Waals surface area contributed by atoms with Crippen molar-refractivity contribution in [1.82, 2.24) is 14.9 Å². The van der Waals surface area contributed by atoms with E-state index in [2.05, 4.69) is 4.90 Å². The number of fused-ring (bicyclic) bond motifs is 1. The van der Waals surface area contributed by atoms with Crippen LogP contribution in [0.1, 0.15) is 5.82 Å². The van der Waals surface area contributed by atoms with Crippen LogP contribution in [0.4, 0.5) is 5.69 Å². The Labute approximate surface area is 199 Å². The summed E-state index contributed by atoms with van der Waals surface area (Å²) in [6.07, 6.45) is 0. The molecule has 4 aromatic rings. The highest BCUT2D eigenvalue weighted by Gasteiger charge is 2.23. The maximum Gasteiger partial charge on any atom is 0.315 e. The molecular weight excluding hydrogens is 456 g/mol. The molecule has 0 atom stereocenters. The van der Waals surface area contributed by atoms with E-state index in [9.17, 15) is 10.1 Å². The number of nitrogens with zero attached hydrogens (tertiary/aromatic N) is 4. The Balaban J connectivity index is 1.61. The smallest absolute Gasteiger partial charge is 0.315 e. The van der Waals surface area contributed by atoms with E-state index in [1.54, 1.807) is 6.07 Å². The number of hydrogen-bond donors (Lipinski definition) is 0. The van der Waals surface area contributed by atoms with Gasteiger partial charge >= 0.3 is 5.69 Å². The molecule has 1 aliphatic heterocycles. The second-order valence-corrected chi connectivity index (χ2v) is 8.58. The van der Waals surface area contributed by atoms with E-state index < -0.39 is 4.92 Å². The minimum Gasteiger partial charge on any atom is -0.496 e. The van der Waals surface area contributed by atoms with Gasteiger partial charge in [-0.05, 0) is 17.7 Å². The third kappa shape index (κ3) is 4.56. The van der Waals surface area contributed by atoms with E-state index >= 15 is 0 Å². The molecule has 174 valence electrons. The molecule has 1 aliphatic rings. The molecule has 0 bridgehead atoms. The summed E-state index contributed by atoms with van der Waals surface area (Å²) in [6, 6.07) is 14.4. The van der Waals surface area contributed by atoms with Crippen LogP contribution in [0.5, 0.6) is 17.4 Å². The molecule has 9 nitrogen and oxygen atoms in total. The molecule has 0 spiro atoms. The van der Waals surface area contributed by atoms with Gasteiger partial charge < -0.3 is 14.2 Å². The van der Waals surface area contributed by atoms with Crippen molar-refractivity contribution in [1.29, 1.82) is 0 Å². The summed E-state index contributed by atoms with van der Waals surface area (Å²) in [5, 5.41) is 14.5. The first-order valence-corrected chi connectivity index (χ1v) is 11.6. The summed E-state index contributed by atoms with van der Waals surface area (Å²) < 4.78 is 16.7. The van der Waals surface area contributed by atoms with Crippen LogP contribution in [0.15, 0.2) is 53.9 Å². The molecular formula is C24H22N4O5S. The van der Waals surface area contributed by atoms with Crippen molar-refractivity contribution in [2.45, 2.75) is 6.54 Å². The van der Waals surface area contributed by atoms with E-state index in [1.165, 1.54) is 30.6 Å². The van der Waals surface area contributed by atoms with E-state index in [0.717, 1.165) is 34.4 Å². The average Bonchev–Trinajstić information content (AvgIpc) is 3.29. The fourth-order valence-corrected chi connectivity index (χ4v) is 4.80. The van der Waals surface area contributed by atoms with Crippen molar-refractivity contribution >= 4 is 27.2 Å². The van der Waals surface area contributed by atoms with Gasteiger partial charge in [0.05, 0.1) is 43.2 Å². The minimum absolute atomic E-state index is 0.0911. The number of nitro benzene ring substituents is 1. The van der Waals surface area contributed by atoms with Gasteiger partial charge in [-0.1, -0.05) is 30.3 Å². The normalized spacial score (nSPS) is 14.3. The van der Waals surface area contributed by atoms with Crippen molar-refractivity contribution < 1.29 is 19.1 Å². The molecule has 10 heteroatoms. The highest BCUT2D eigenvalue weighted by atomic mass is 32.1. The zero-order valence-corrected chi connectivity index (χ0v) is 19.3. The van der Waals surface area contributed by atoms with Crippen LogP contribution in [-0.4, -0.2) is 53.2 Å². The van der Waals surface area contributed by atoms with Crippen LogP contribution in [0, 0.1) is 10.1 Å². The van der Waals surface area contributed by atoms with Crippen LogP contribution >= 0.6 is 11.3 Å². The molecule has 0 saturated carbocycles. The summed E-state index contributed by atoms with van der Waals surface area (Å²) >= 11 is 1.50. The molecule has 1 fully saturated rings. The van der Waals surface area contributed by atoms with Crippen molar-refractivity contribution in [2.75, 3.05) is 33.4 Å². The lowest BCUT2D eigenvalue weighted by molar-refractivity contribution is -0.385. The molecule has 34 heavy (non-hydrogen) atoms. The lowest BCUT2D eigenvalue weighted by atomic mass is 10.1. The van der Waals surface area contributed by atoms with Crippen LogP contribution in [0.2, 0.25) is 0 Å². The van der Waals surface area contributed by atoms with Crippen molar-refractivity contribution in [3.63, 3.8) is 0 Å². The fourth-order valence-electron chi connectivity index (χ4n) is 3.84. The Hall–Kier alpha value is -3.60. The van der Waals surface area contributed by atoms with E-state index in [1.807, 2.05) is 35.7 Å². The quantitative estimate of drug-likeness (QED) is 0.273. The monoisotopic (exact) mass is 478 g/mol. The van der Waals surface area contributed by atoms with E-state index in [4.69, 9.17) is 24.2 Å². The van der Waals surface area contributed by atoms with Crippen LogP contribution in [-0.2, 0) is 11.3 Å². The number of hydrogen-bond acceptors (Lipinski definition) is 9. The van der Waals surface area contributed by atoms with Gasteiger partial charge in [0.1, 0.15) is 16.4 Å². The summed E-state index contributed by atoms with van der Waals surface area (Å²) in [4.78, 5) is 23.8. The van der Waals surface area contributed by atoms with Gasteiger partial charge in [-0.15, -0.1) is 11.3 Å². The predicted octanol–water partition coefficient (Wildman–Crippen LogP) is 4.90. The summed E-state index contributed by atoms with van der Waals surface area (Å²) in [5.41, 5.74) is 1.72. The average molecular weight is 479 g/mol. The maximum atomic E-state index is 11.7. The SMILES string of the molecule is COc1ccc(Oc2nc(CN3CCOCC3)nc3scc(-c4ccccc4)c23)c([N+](=O)[O-])c1. The van der Waals surface area contributed by atoms with Gasteiger partial charge in [-0.25, -0.2) is 4.98 Å². The van der Waals surface area contributed by atoms with Gasteiger partial charge in [0.25, 0.3) is 0 Å². The molecule has 0 aliphatic carbocycles. The highest BCUT2D eigenvalue weighted by Crippen LogP contribution is 2.41. The fraction of sp³-hybridized carbons (Fsp3) is 0.250. The van der Waals surface area contributed by atoms with Crippen LogP contribution in [0.3, 0.4) is 0 Å². The first kappa shape index (κ1) is 22.2. The summed E-state index contributed by atoms with van der Waals surface area (Å²) in [6.45, 7) is 3.46. The maximum absolute atomic E-state index is 11.7. The highest BCUT2D eigenvalue weighted by molar-refractivity contribution is 7.17. The Bertz CT molecular complexity index is 1320. The number of methoxy groups -OCH3 is 1. The van der Waals surface area contributed by atoms with E-state index in [0.29, 0.717) is 37.2 Å².